The van der Waals surface area contributed by atoms with Gasteiger partial charge < -0.3 is 9.64 Å². The minimum Gasteiger partial charge on any atom is -0.377 e. The molecule has 2 heterocycles. The summed E-state index contributed by atoms with van der Waals surface area (Å²) in [7, 11) is 0. The predicted molar refractivity (Wildman–Crippen MR) is 67.0 cm³/mol. The van der Waals surface area contributed by atoms with Gasteiger partial charge in [-0.05, 0) is 12.8 Å². The number of nitrogens with zero attached hydrogens (tertiary/aromatic N) is 3. The maximum absolute atomic E-state index is 12.7. The number of piperidine rings is 1. The fraction of sp³-hybridized carbons (Fsp3) is 0.636. The Labute approximate surface area is 108 Å². The normalized spacial score (nSPS) is 17.4. The number of ether oxygens (including phenoxy) is 1. The Balaban J connectivity index is 1.84. The molecule has 1 aromatic heterocycles. The zero-order chi connectivity index (χ0) is 12.1. The molecule has 0 radical (unpaired) electrons. The summed E-state index contributed by atoms with van der Waals surface area (Å²) in [6.45, 7) is 2.47. The first-order chi connectivity index (χ1) is 8.29. The van der Waals surface area contributed by atoms with Crippen LogP contribution in [0.25, 0.3) is 0 Å². The molecule has 1 fully saturated rings. The van der Waals surface area contributed by atoms with Crippen LogP contribution < -0.4 is 4.90 Å². The summed E-state index contributed by atoms with van der Waals surface area (Å²) in [5.74, 6) is 0.203. The molecular weight excluding hydrogens is 289 g/mol. The molecule has 0 N–H and O–H groups in total. The lowest BCUT2D eigenvalue weighted by molar-refractivity contribution is 0.0479. The molecule has 1 saturated heterocycles. The van der Waals surface area contributed by atoms with E-state index in [1.165, 1.54) is 12.4 Å². The predicted octanol–water partition coefficient (Wildman–Crippen LogP) is 2.00. The highest BCUT2D eigenvalue weighted by Crippen LogP contribution is 2.17. The third-order valence-electron chi connectivity index (χ3n) is 2.76. The smallest absolute Gasteiger partial charge is 0.225 e. The van der Waals surface area contributed by atoms with E-state index in [2.05, 4.69) is 30.8 Å². The van der Waals surface area contributed by atoms with Crippen molar-refractivity contribution in [1.82, 2.24) is 9.97 Å². The van der Waals surface area contributed by atoms with Crippen molar-refractivity contribution in [2.75, 3.05) is 29.9 Å². The summed E-state index contributed by atoms with van der Waals surface area (Å²) in [5, 5.41) is 0.869. The summed E-state index contributed by atoms with van der Waals surface area (Å²) in [6.07, 6.45) is 4.66. The van der Waals surface area contributed by atoms with Gasteiger partial charge in [-0.15, -0.1) is 0 Å². The van der Waals surface area contributed by atoms with Crippen molar-refractivity contribution in [3.63, 3.8) is 0 Å². The van der Waals surface area contributed by atoms with Crippen molar-refractivity contribution in [1.29, 1.82) is 0 Å². The van der Waals surface area contributed by atoms with Gasteiger partial charge in [0.05, 0.1) is 25.1 Å². The van der Waals surface area contributed by atoms with Gasteiger partial charge in [0, 0.05) is 18.4 Å². The van der Waals surface area contributed by atoms with E-state index >= 15 is 0 Å². The molecule has 4 nitrogen and oxygen atoms in total. The molecule has 0 unspecified atom stereocenters. The zero-order valence-electron chi connectivity index (χ0n) is 9.48. The fourth-order valence-corrected chi connectivity index (χ4v) is 2.09. The van der Waals surface area contributed by atoms with Gasteiger partial charge in [0.15, 0.2) is 5.82 Å². The summed E-state index contributed by atoms with van der Waals surface area (Å²) in [5.41, 5.74) is 0. The van der Waals surface area contributed by atoms with Gasteiger partial charge >= 0.3 is 0 Å². The highest BCUT2D eigenvalue weighted by molar-refractivity contribution is 9.09. The third kappa shape index (κ3) is 3.61. The lowest BCUT2D eigenvalue weighted by Crippen LogP contribution is -2.38. The molecule has 0 amide bonds. The average Bonchev–Trinajstić information content (AvgIpc) is 2.38. The minimum atomic E-state index is -0.399. The molecule has 2 rings (SSSR count). The van der Waals surface area contributed by atoms with E-state index in [1.54, 1.807) is 0 Å². The number of hydrogen-bond donors (Lipinski definition) is 0. The zero-order valence-corrected chi connectivity index (χ0v) is 11.1. The Morgan fingerprint density at radius 3 is 2.59 bits per heavy atom. The summed E-state index contributed by atoms with van der Waals surface area (Å²) in [4.78, 5) is 10.0. The SMILES string of the molecule is Fc1cnc(N2CCC(OCCBr)CC2)nc1. The van der Waals surface area contributed by atoms with E-state index < -0.39 is 5.82 Å². The lowest BCUT2D eigenvalue weighted by Gasteiger charge is -2.31. The Hall–Kier alpha value is -0.750. The van der Waals surface area contributed by atoms with Gasteiger partial charge in [-0.2, -0.15) is 0 Å². The molecule has 17 heavy (non-hydrogen) atoms. The molecule has 94 valence electrons. The Morgan fingerprint density at radius 1 is 1.35 bits per heavy atom. The van der Waals surface area contributed by atoms with Crippen LogP contribution in [-0.2, 0) is 4.74 Å². The molecule has 1 aliphatic rings. The van der Waals surface area contributed by atoms with E-state index in [0.29, 0.717) is 12.1 Å². The minimum absolute atomic E-state index is 0.323. The Bertz CT molecular complexity index is 341. The van der Waals surface area contributed by atoms with Crippen molar-refractivity contribution in [3.8, 4) is 0 Å². The second kappa shape index (κ2) is 6.26. The van der Waals surface area contributed by atoms with Crippen molar-refractivity contribution in [2.24, 2.45) is 0 Å². The highest BCUT2D eigenvalue weighted by Gasteiger charge is 2.21. The molecule has 1 aromatic rings. The van der Waals surface area contributed by atoms with Crippen molar-refractivity contribution < 1.29 is 9.13 Å². The number of aromatic nitrogens is 2. The van der Waals surface area contributed by atoms with Crippen LogP contribution in [0.2, 0.25) is 0 Å². The average molecular weight is 304 g/mol. The monoisotopic (exact) mass is 303 g/mol. The quantitative estimate of drug-likeness (QED) is 0.798. The number of hydrogen-bond acceptors (Lipinski definition) is 4. The van der Waals surface area contributed by atoms with Gasteiger partial charge in [-0.1, -0.05) is 15.9 Å². The first-order valence-electron chi connectivity index (χ1n) is 5.69. The summed E-state index contributed by atoms with van der Waals surface area (Å²) < 4.78 is 18.3. The van der Waals surface area contributed by atoms with Gasteiger partial charge in [-0.25, -0.2) is 14.4 Å². The van der Waals surface area contributed by atoms with Crippen LogP contribution in [0.1, 0.15) is 12.8 Å². The molecule has 0 spiro atoms. The topological polar surface area (TPSA) is 38.2 Å². The second-order valence-electron chi connectivity index (χ2n) is 3.95. The lowest BCUT2D eigenvalue weighted by atomic mass is 10.1. The van der Waals surface area contributed by atoms with Crippen LogP contribution in [-0.4, -0.2) is 41.1 Å². The molecular formula is C11H15BrFN3O. The van der Waals surface area contributed by atoms with Crippen LogP contribution in [0.15, 0.2) is 12.4 Å². The molecule has 1 aliphatic heterocycles. The Morgan fingerprint density at radius 2 is 2.00 bits per heavy atom. The first-order valence-corrected chi connectivity index (χ1v) is 6.82. The molecule has 0 aliphatic carbocycles. The summed E-state index contributed by atoms with van der Waals surface area (Å²) >= 11 is 3.34. The third-order valence-corrected chi connectivity index (χ3v) is 3.09. The van der Waals surface area contributed by atoms with Crippen molar-refractivity contribution in [2.45, 2.75) is 18.9 Å². The Kier molecular flexibility index (Phi) is 4.67. The van der Waals surface area contributed by atoms with Crippen LogP contribution in [0.3, 0.4) is 0 Å². The molecule has 0 atom stereocenters. The maximum Gasteiger partial charge on any atom is 0.225 e. The van der Waals surface area contributed by atoms with Crippen LogP contribution in [0, 0.1) is 5.82 Å². The second-order valence-corrected chi connectivity index (χ2v) is 4.74. The molecule has 0 saturated carbocycles. The standard InChI is InChI=1S/C11H15BrFN3O/c12-3-6-17-10-1-4-16(5-2-10)11-14-7-9(13)8-15-11/h7-8,10H,1-6H2. The number of halogens is 2. The van der Waals surface area contributed by atoms with Crippen LogP contribution >= 0.6 is 15.9 Å². The highest BCUT2D eigenvalue weighted by atomic mass is 79.9. The van der Waals surface area contributed by atoms with E-state index in [0.717, 1.165) is 37.9 Å². The molecule has 6 heteroatoms. The van der Waals surface area contributed by atoms with Crippen LogP contribution in [0.5, 0.6) is 0 Å². The fourth-order valence-electron chi connectivity index (χ4n) is 1.90. The van der Waals surface area contributed by atoms with E-state index in [-0.39, 0.29) is 0 Å². The van der Waals surface area contributed by atoms with Crippen molar-refractivity contribution >= 4 is 21.9 Å². The maximum atomic E-state index is 12.7. The van der Waals surface area contributed by atoms with E-state index in [9.17, 15) is 4.39 Å². The molecule has 0 aromatic carbocycles. The largest absolute Gasteiger partial charge is 0.377 e. The number of rotatable bonds is 4. The number of alkyl halides is 1. The van der Waals surface area contributed by atoms with Crippen LogP contribution in [0.4, 0.5) is 10.3 Å². The summed E-state index contributed by atoms with van der Waals surface area (Å²) in [6, 6.07) is 0. The van der Waals surface area contributed by atoms with Gasteiger partial charge in [0.2, 0.25) is 5.95 Å². The first kappa shape index (κ1) is 12.7. The van der Waals surface area contributed by atoms with Gasteiger partial charge in [0.1, 0.15) is 0 Å². The van der Waals surface area contributed by atoms with Gasteiger partial charge in [-0.3, -0.25) is 0 Å². The van der Waals surface area contributed by atoms with Gasteiger partial charge in [0.25, 0.3) is 0 Å². The van der Waals surface area contributed by atoms with E-state index in [1.807, 2.05) is 0 Å². The molecule has 0 bridgehead atoms. The number of anilines is 1. The van der Waals surface area contributed by atoms with E-state index in [4.69, 9.17) is 4.74 Å². The van der Waals surface area contributed by atoms with Crippen molar-refractivity contribution in [3.05, 3.63) is 18.2 Å².